The minimum absolute atomic E-state index is 0.0271. The molecule has 1 aliphatic carbocycles. The molecule has 1 aliphatic heterocycles. The zero-order valence-electron chi connectivity index (χ0n) is 13.2. The second-order valence-corrected chi connectivity index (χ2v) is 7.58. The zero-order valence-corrected chi connectivity index (χ0v) is 14.0. The quantitative estimate of drug-likeness (QED) is 0.929. The predicted molar refractivity (Wildman–Crippen MR) is 86.0 cm³/mol. The molecule has 1 aromatic heterocycles. The van der Waals surface area contributed by atoms with Crippen LogP contribution >= 0.6 is 11.3 Å². The molecule has 2 aliphatic rings. The third-order valence-corrected chi connectivity index (χ3v) is 5.71. The van der Waals surface area contributed by atoms with E-state index in [4.69, 9.17) is 0 Å². The topological polar surface area (TPSA) is 62.3 Å². The number of hydrogen-bond acceptors (Lipinski definition) is 4. The van der Waals surface area contributed by atoms with Gasteiger partial charge in [-0.3, -0.25) is 9.59 Å². The third-order valence-electron chi connectivity index (χ3n) is 4.65. The Labute approximate surface area is 135 Å². The summed E-state index contributed by atoms with van der Waals surface area (Å²) in [6.45, 7) is 4.99. The number of hydrogen-bond donors (Lipinski definition) is 1. The summed E-state index contributed by atoms with van der Waals surface area (Å²) >= 11 is 1.44. The molecule has 2 amide bonds. The summed E-state index contributed by atoms with van der Waals surface area (Å²) in [5.74, 6) is 0.0950. The number of rotatable bonds is 3. The summed E-state index contributed by atoms with van der Waals surface area (Å²) in [6.07, 6.45) is 5.39. The third kappa shape index (κ3) is 3.16. The van der Waals surface area contributed by atoms with Crippen molar-refractivity contribution in [1.29, 1.82) is 0 Å². The van der Waals surface area contributed by atoms with Gasteiger partial charge in [-0.25, -0.2) is 4.98 Å². The van der Waals surface area contributed by atoms with E-state index in [-0.39, 0.29) is 17.7 Å². The van der Waals surface area contributed by atoms with Crippen LogP contribution in [0.25, 0.3) is 0 Å². The van der Waals surface area contributed by atoms with Gasteiger partial charge in [0.1, 0.15) is 4.88 Å². The normalized spacial score (nSPS) is 22.3. The van der Waals surface area contributed by atoms with Gasteiger partial charge in [-0.05, 0) is 33.1 Å². The average molecular weight is 321 g/mol. The van der Waals surface area contributed by atoms with Crippen molar-refractivity contribution in [1.82, 2.24) is 15.2 Å². The van der Waals surface area contributed by atoms with Crippen LogP contribution < -0.4 is 5.32 Å². The molecule has 1 saturated heterocycles. The Hall–Kier alpha value is -1.43. The molecule has 5 nitrogen and oxygen atoms in total. The van der Waals surface area contributed by atoms with E-state index in [9.17, 15) is 9.59 Å². The number of nitrogens with zero attached hydrogens (tertiary/aromatic N) is 2. The van der Waals surface area contributed by atoms with Crippen LogP contribution in [0.5, 0.6) is 0 Å². The molecule has 0 bridgehead atoms. The summed E-state index contributed by atoms with van der Waals surface area (Å²) in [5.41, 5.74) is 0.798. The van der Waals surface area contributed by atoms with E-state index < -0.39 is 0 Å². The second kappa shape index (κ2) is 6.36. The summed E-state index contributed by atoms with van der Waals surface area (Å²) in [4.78, 5) is 31.7. The molecule has 1 atom stereocenters. The minimum atomic E-state index is -0.0566. The zero-order chi connectivity index (χ0) is 15.7. The predicted octanol–water partition coefficient (Wildman–Crippen LogP) is 2.28. The number of carbonyl (C=O) groups excluding carboxylic acids is 2. The lowest BCUT2D eigenvalue weighted by Crippen LogP contribution is -2.39. The van der Waals surface area contributed by atoms with Crippen LogP contribution in [0.2, 0.25) is 0 Å². The Kier molecular flexibility index (Phi) is 4.47. The molecule has 0 aromatic carbocycles. The fraction of sp³-hybridized carbons (Fsp3) is 0.688. The molecule has 2 heterocycles. The van der Waals surface area contributed by atoms with Crippen LogP contribution in [0.15, 0.2) is 0 Å². The average Bonchev–Trinajstić information content (AvgIpc) is 3.18. The van der Waals surface area contributed by atoms with Crippen molar-refractivity contribution < 1.29 is 9.59 Å². The highest BCUT2D eigenvalue weighted by atomic mass is 32.1. The van der Waals surface area contributed by atoms with Gasteiger partial charge in [0, 0.05) is 19.1 Å². The van der Waals surface area contributed by atoms with E-state index in [0.717, 1.165) is 30.0 Å². The Morgan fingerprint density at radius 1 is 1.23 bits per heavy atom. The van der Waals surface area contributed by atoms with Crippen molar-refractivity contribution in [3.8, 4) is 0 Å². The van der Waals surface area contributed by atoms with Gasteiger partial charge >= 0.3 is 0 Å². The lowest BCUT2D eigenvalue weighted by molar-refractivity contribution is -0.125. The fourth-order valence-electron chi connectivity index (χ4n) is 3.42. The van der Waals surface area contributed by atoms with E-state index in [1.807, 2.05) is 13.8 Å². The number of aryl methyl sites for hydroxylation is 2. The minimum Gasteiger partial charge on any atom is -0.353 e. The Morgan fingerprint density at radius 3 is 2.59 bits per heavy atom. The summed E-state index contributed by atoms with van der Waals surface area (Å²) in [5, 5.41) is 4.06. The van der Waals surface area contributed by atoms with Crippen LogP contribution in [-0.2, 0) is 4.79 Å². The lowest BCUT2D eigenvalue weighted by Gasteiger charge is -2.17. The maximum absolute atomic E-state index is 12.6. The first-order chi connectivity index (χ1) is 10.5. The molecule has 2 fully saturated rings. The molecule has 120 valence electrons. The smallest absolute Gasteiger partial charge is 0.265 e. The Balaban J connectivity index is 1.58. The van der Waals surface area contributed by atoms with E-state index in [1.54, 1.807) is 4.90 Å². The molecular formula is C16H23N3O2S. The highest BCUT2D eigenvalue weighted by Gasteiger charge is 2.33. The molecule has 1 aromatic rings. The van der Waals surface area contributed by atoms with Gasteiger partial charge in [0.05, 0.1) is 16.6 Å². The first-order valence-electron chi connectivity index (χ1n) is 8.08. The van der Waals surface area contributed by atoms with Gasteiger partial charge in [0.15, 0.2) is 0 Å². The number of thiazole rings is 1. The molecule has 3 rings (SSSR count). The monoisotopic (exact) mass is 321 g/mol. The van der Waals surface area contributed by atoms with Gasteiger partial charge in [0.25, 0.3) is 5.91 Å². The van der Waals surface area contributed by atoms with Crippen molar-refractivity contribution in [2.45, 2.75) is 52.0 Å². The molecule has 6 heteroatoms. The summed E-state index contributed by atoms with van der Waals surface area (Å²) < 4.78 is 0. The molecule has 22 heavy (non-hydrogen) atoms. The van der Waals surface area contributed by atoms with Crippen molar-refractivity contribution in [2.75, 3.05) is 13.1 Å². The van der Waals surface area contributed by atoms with E-state index >= 15 is 0 Å². The molecule has 0 unspecified atom stereocenters. The second-order valence-electron chi connectivity index (χ2n) is 6.37. The van der Waals surface area contributed by atoms with E-state index in [2.05, 4.69) is 10.3 Å². The Morgan fingerprint density at radius 2 is 1.95 bits per heavy atom. The van der Waals surface area contributed by atoms with Gasteiger partial charge in [-0.15, -0.1) is 11.3 Å². The standard InChI is InChI=1S/C16H23N3O2S/c1-10-14(22-11(2)17-10)16(21)19-8-7-12(9-19)15(20)18-13-5-3-4-6-13/h12-13H,3-9H2,1-2H3,(H,18,20)/t12-/m1/s1. The number of amides is 2. The summed E-state index contributed by atoms with van der Waals surface area (Å²) in [6, 6.07) is 0.351. The number of likely N-dealkylation sites (tertiary alicyclic amines) is 1. The number of carbonyl (C=O) groups is 2. The molecule has 1 saturated carbocycles. The van der Waals surface area contributed by atoms with Gasteiger partial charge < -0.3 is 10.2 Å². The largest absolute Gasteiger partial charge is 0.353 e. The summed E-state index contributed by atoms with van der Waals surface area (Å²) in [7, 11) is 0. The Bertz CT molecular complexity index is 578. The lowest BCUT2D eigenvalue weighted by atomic mass is 10.1. The van der Waals surface area contributed by atoms with E-state index in [0.29, 0.717) is 24.0 Å². The first-order valence-corrected chi connectivity index (χ1v) is 8.90. The van der Waals surface area contributed by atoms with Crippen LogP contribution in [0.3, 0.4) is 0 Å². The van der Waals surface area contributed by atoms with Crippen LogP contribution in [-0.4, -0.2) is 40.8 Å². The number of aromatic nitrogens is 1. The molecule has 0 spiro atoms. The SMILES string of the molecule is Cc1nc(C)c(C(=O)N2CC[C@@H](C(=O)NC3CCCC3)C2)s1. The van der Waals surface area contributed by atoms with Gasteiger partial charge in [-0.1, -0.05) is 12.8 Å². The van der Waals surface area contributed by atoms with Crippen molar-refractivity contribution in [3.05, 3.63) is 15.6 Å². The van der Waals surface area contributed by atoms with Crippen LogP contribution in [0.4, 0.5) is 0 Å². The highest BCUT2D eigenvalue weighted by Crippen LogP contribution is 2.25. The van der Waals surface area contributed by atoms with E-state index in [1.165, 1.54) is 24.2 Å². The van der Waals surface area contributed by atoms with Crippen LogP contribution in [0, 0.1) is 19.8 Å². The van der Waals surface area contributed by atoms with Crippen molar-refractivity contribution in [2.24, 2.45) is 5.92 Å². The van der Waals surface area contributed by atoms with Gasteiger partial charge in [-0.2, -0.15) is 0 Å². The molecular weight excluding hydrogens is 298 g/mol. The fourth-order valence-corrected chi connectivity index (χ4v) is 4.31. The van der Waals surface area contributed by atoms with Crippen molar-refractivity contribution in [3.63, 3.8) is 0 Å². The molecule has 0 radical (unpaired) electrons. The number of nitrogens with one attached hydrogen (secondary N) is 1. The molecule has 1 N–H and O–H groups in total. The van der Waals surface area contributed by atoms with Gasteiger partial charge in [0.2, 0.25) is 5.91 Å². The highest BCUT2D eigenvalue weighted by molar-refractivity contribution is 7.13. The maximum Gasteiger partial charge on any atom is 0.265 e. The maximum atomic E-state index is 12.6. The van der Waals surface area contributed by atoms with Crippen molar-refractivity contribution >= 4 is 23.2 Å². The van der Waals surface area contributed by atoms with Crippen LogP contribution in [0.1, 0.15) is 52.5 Å². The first kappa shape index (κ1) is 15.5.